The second-order valence-corrected chi connectivity index (χ2v) is 5.26. The van der Waals surface area contributed by atoms with Crippen molar-refractivity contribution in [2.75, 3.05) is 31.1 Å². The summed E-state index contributed by atoms with van der Waals surface area (Å²) < 4.78 is 0. The van der Waals surface area contributed by atoms with Gasteiger partial charge in [0.2, 0.25) is 0 Å². The molecule has 2 fully saturated rings. The van der Waals surface area contributed by atoms with Crippen LogP contribution in [-0.4, -0.2) is 42.1 Å². The molecule has 76 valence electrons. The van der Waals surface area contributed by atoms with Crippen molar-refractivity contribution in [3.05, 3.63) is 0 Å². The molecule has 2 N–H and O–H groups in total. The van der Waals surface area contributed by atoms with E-state index in [4.69, 9.17) is 5.73 Å². The molecule has 2 aliphatic heterocycles. The summed E-state index contributed by atoms with van der Waals surface area (Å²) in [5.74, 6) is 3.58. The summed E-state index contributed by atoms with van der Waals surface area (Å²) >= 11 is 2.12. The number of hydrogen-bond donors (Lipinski definition) is 1. The molecule has 2 aliphatic rings. The molecular formula is C10H20N2S. The minimum absolute atomic E-state index is 0.857. The van der Waals surface area contributed by atoms with Gasteiger partial charge in [-0.05, 0) is 50.6 Å². The SMILES string of the molecule is NCCC1CSCC1N1CCCC1. The average Bonchev–Trinajstić information content (AvgIpc) is 2.71. The van der Waals surface area contributed by atoms with Crippen LogP contribution < -0.4 is 5.73 Å². The third-order valence-electron chi connectivity index (χ3n) is 3.31. The zero-order chi connectivity index (χ0) is 9.10. The molecular weight excluding hydrogens is 180 g/mol. The van der Waals surface area contributed by atoms with Crippen LogP contribution in [0.1, 0.15) is 19.3 Å². The van der Waals surface area contributed by atoms with E-state index in [1.807, 2.05) is 0 Å². The first kappa shape index (κ1) is 9.81. The number of likely N-dealkylation sites (tertiary alicyclic amines) is 1. The quantitative estimate of drug-likeness (QED) is 0.741. The normalized spacial score (nSPS) is 35.8. The van der Waals surface area contributed by atoms with Crippen molar-refractivity contribution in [1.82, 2.24) is 4.90 Å². The summed E-state index contributed by atoms with van der Waals surface area (Å²) in [6, 6.07) is 0.857. The Morgan fingerprint density at radius 2 is 2.00 bits per heavy atom. The van der Waals surface area contributed by atoms with Crippen molar-refractivity contribution < 1.29 is 0 Å². The molecule has 2 heterocycles. The minimum Gasteiger partial charge on any atom is -0.330 e. The van der Waals surface area contributed by atoms with Gasteiger partial charge in [-0.1, -0.05) is 0 Å². The van der Waals surface area contributed by atoms with Crippen molar-refractivity contribution in [1.29, 1.82) is 0 Å². The van der Waals surface area contributed by atoms with Crippen molar-refractivity contribution in [3.63, 3.8) is 0 Å². The van der Waals surface area contributed by atoms with Gasteiger partial charge in [-0.3, -0.25) is 4.90 Å². The van der Waals surface area contributed by atoms with Crippen LogP contribution in [0.2, 0.25) is 0 Å². The fourth-order valence-electron chi connectivity index (χ4n) is 2.55. The molecule has 2 atom stereocenters. The topological polar surface area (TPSA) is 29.3 Å². The van der Waals surface area contributed by atoms with E-state index in [9.17, 15) is 0 Å². The summed E-state index contributed by atoms with van der Waals surface area (Å²) in [6.07, 6.45) is 4.06. The summed E-state index contributed by atoms with van der Waals surface area (Å²) in [5.41, 5.74) is 5.64. The molecule has 0 saturated carbocycles. The summed E-state index contributed by atoms with van der Waals surface area (Å²) in [4.78, 5) is 2.69. The number of thioether (sulfide) groups is 1. The zero-order valence-corrected chi connectivity index (χ0v) is 9.06. The molecule has 0 spiro atoms. The largest absolute Gasteiger partial charge is 0.330 e. The third-order valence-corrected chi connectivity index (χ3v) is 4.55. The molecule has 0 aliphatic carbocycles. The molecule has 0 aromatic rings. The molecule has 0 radical (unpaired) electrons. The van der Waals surface area contributed by atoms with E-state index in [-0.39, 0.29) is 0 Å². The van der Waals surface area contributed by atoms with Crippen molar-refractivity contribution >= 4 is 11.8 Å². The predicted molar refractivity (Wildman–Crippen MR) is 59.1 cm³/mol. The highest BCUT2D eigenvalue weighted by molar-refractivity contribution is 7.99. The summed E-state index contributed by atoms with van der Waals surface area (Å²) in [6.45, 7) is 3.55. The smallest absolute Gasteiger partial charge is 0.0222 e. The summed E-state index contributed by atoms with van der Waals surface area (Å²) in [7, 11) is 0. The lowest BCUT2D eigenvalue weighted by Crippen LogP contribution is -2.38. The molecule has 0 bridgehead atoms. The number of rotatable bonds is 3. The Morgan fingerprint density at radius 3 is 2.69 bits per heavy atom. The Kier molecular flexibility index (Phi) is 3.52. The fourth-order valence-corrected chi connectivity index (χ4v) is 4.11. The highest BCUT2D eigenvalue weighted by Crippen LogP contribution is 2.32. The van der Waals surface area contributed by atoms with Crippen LogP contribution in [0.15, 0.2) is 0 Å². The van der Waals surface area contributed by atoms with E-state index < -0.39 is 0 Å². The number of hydrogen-bond acceptors (Lipinski definition) is 3. The molecule has 2 rings (SSSR count). The Morgan fingerprint density at radius 1 is 1.23 bits per heavy atom. The summed E-state index contributed by atoms with van der Waals surface area (Å²) in [5, 5.41) is 0. The Labute approximate surface area is 85.2 Å². The molecule has 13 heavy (non-hydrogen) atoms. The van der Waals surface area contributed by atoms with E-state index in [0.717, 1.165) is 18.5 Å². The maximum atomic E-state index is 5.64. The van der Waals surface area contributed by atoms with Gasteiger partial charge in [0.25, 0.3) is 0 Å². The first-order valence-corrected chi connectivity index (χ1v) is 6.59. The van der Waals surface area contributed by atoms with Gasteiger partial charge >= 0.3 is 0 Å². The van der Waals surface area contributed by atoms with Gasteiger partial charge in [-0.2, -0.15) is 11.8 Å². The first-order valence-electron chi connectivity index (χ1n) is 5.43. The predicted octanol–water partition coefficient (Wildman–Crippen LogP) is 1.16. The van der Waals surface area contributed by atoms with E-state index >= 15 is 0 Å². The van der Waals surface area contributed by atoms with Gasteiger partial charge in [0.1, 0.15) is 0 Å². The molecule has 0 amide bonds. The zero-order valence-electron chi connectivity index (χ0n) is 8.24. The highest BCUT2D eigenvalue weighted by atomic mass is 32.2. The van der Waals surface area contributed by atoms with E-state index in [0.29, 0.717) is 0 Å². The van der Waals surface area contributed by atoms with Crippen LogP contribution in [0.3, 0.4) is 0 Å². The number of nitrogens with two attached hydrogens (primary N) is 1. The Hall–Kier alpha value is 0.270. The standard InChI is InChI=1S/C10H20N2S/c11-4-3-9-7-13-8-10(9)12-5-1-2-6-12/h9-10H,1-8,11H2. The van der Waals surface area contributed by atoms with Crippen LogP contribution in [0.5, 0.6) is 0 Å². The maximum absolute atomic E-state index is 5.64. The lowest BCUT2D eigenvalue weighted by atomic mass is 9.99. The minimum atomic E-state index is 0.857. The lowest BCUT2D eigenvalue weighted by Gasteiger charge is -2.28. The monoisotopic (exact) mass is 200 g/mol. The van der Waals surface area contributed by atoms with Crippen LogP contribution >= 0.6 is 11.8 Å². The van der Waals surface area contributed by atoms with Crippen LogP contribution in [-0.2, 0) is 0 Å². The van der Waals surface area contributed by atoms with Gasteiger partial charge in [0, 0.05) is 11.8 Å². The first-order chi connectivity index (χ1) is 6.42. The van der Waals surface area contributed by atoms with Gasteiger partial charge in [-0.15, -0.1) is 0 Å². The second kappa shape index (κ2) is 4.67. The Bertz CT molecular complexity index is 157. The molecule has 2 nitrogen and oxygen atoms in total. The molecule has 0 aromatic carbocycles. The van der Waals surface area contributed by atoms with Gasteiger partial charge in [-0.25, -0.2) is 0 Å². The van der Waals surface area contributed by atoms with Gasteiger partial charge in [0.15, 0.2) is 0 Å². The Balaban J connectivity index is 1.88. The second-order valence-electron chi connectivity index (χ2n) is 4.19. The molecule has 3 heteroatoms. The van der Waals surface area contributed by atoms with Crippen molar-refractivity contribution in [3.8, 4) is 0 Å². The van der Waals surface area contributed by atoms with Gasteiger partial charge in [0.05, 0.1) is 0 Å². The highest BCUT2D eigenvalue weighted by Gasteiger charge is 2.32. The van der Waals surface area contributed by atoms with E-state index in [1.54, 1.807) is 0 Å². The van der Waals surface area contributed by atoms with E-state index in [2.05, 4.69) is 16.7 Å². The van der Waals surface area contributed by atoms with E-state index in [1.165, 1.54) is 43.9 Å². The van der Waals surface area contributed by atoms with Crippen molar-refractivity contribution in [2.24, 2.45) is 11.7 Å². The molecule has 0 aromatic heterocycles. The van der Waals surface area contributed by atoms with Crippen LogP contribution in [0, 0.1) is 5.92 Å². The average molecular weight is 200 g/mol. The molecule has 2 saturated heterocycles. The molecule has 2 unspecified atom stereocenters. The van der Waals surface area contributed by atoms with Crippen LogP contribution in [0.25, 0.3) is 0 Å². The van der Waals surface area contributed by atoms with Crippen molar-refractivity contribution in [2.45, 2.75) is 25.3 Å². The fraction of sp³-hybridized carbons (Fsp3) is 1.00. The third kappa shape index (κ3) is 2.20. The van der Waals surface area contributed by atoms with Crippen LogP contribution in [0.4, 0.5) is 0 Å². The lowest BCUT2D eigenvalue weighted by molar-refractivity contribution is 0.208. The van der Waals surface area contributed by atoms with Gasteiger partial charge < -0.3 is 5.73 Å². The maximum Gasteiger partial charge on any atom is 0.0222 e. The number of nitrogens with zero attached hydrogens (tertiary/aromatic N) is 1.